The summed E-state index contributed by atoms with van der Waals surface area (Å²) in [6, 6.07) is 20.6. The lowest BCUT2D eigenvalue weighted by atomic mass is 9.75. The van der Waals surface area contributed by atoms with Gasteiger partial charge in [-0.05, 0) is 67.2 Å². The first-order valence-electron chi connectivity index (χ1n) is 12.1. The Hall–Kier alpha value is -3.18. The quantitative estimate of drug-likeness (QED) is 0.516. The van der Waals surface area contributed by atoms with Gasteiger partial charge in [-0.25, -0.2) is 0 Å². The van der Waals surface area contributed by atoms with E-state index in [0.717, 1.165) is 29.8 Å². The van der Waals surface area contributed by atoms with Crippen LogP contribution in [-0.4, -0.2) is 50.5 Å². The highest BCUT2D eigenvalue weighted by Crippen LogP contribution is 2.48. The van der Waals surface area contributed by atoms with Gasteiger partial charge in [-0.3, -0.25) is 0 Å². The molecule has 0 amide bonds. The molecule has 0 bridgehead atoms. The molecular formula is C29H33NO4. The highest BCUT2D eigenvalue weighted by molar-refractivity contribution is 5.52. The number of ether oxygens (including phenoxy) is 3. The summed E-state index contributed by atoms with van der Waals surface area (Å²) < 4.78 is 17.2. The first-order chi connectivity index (χ1) is 16.7. The van der Waals surface area contributed by atoms with Gasteiger partial charge >= 0.3 is 0 Å². The van der Waals surface area contributed by atoms with E-state index in [9.17, 15) is 5.11 Å². The molecule has 0 unspecified atom stereocenters. The molecule has 0 aliphatic carbocycles. The largest absolute Gasteiger partial charge is 0.508 e. The zero-order valence-electron chi connectivity index (χ0n) is 20.0. The first-order valence-corrected chi connectivity index (χ1v) is 12.1. The number of phenolic OH excluding ortho intramolecular Hbond substituents is 1. The van der Waals surface area contributed by atoms with E-state index in [0.29, 0.717) is 18.1 Å². The molecule has 3 aromatic rings. The van der Waals surface area contributed by atoms with Gasteiger partial charge in [0.2, 0.25) is 0 Å². The Bertz CT molecular complexity index is 1120. The van der Waals surface area contributed by atoms with Gasteiger partial charge in [0, 0.05) is 30.0 Å². The summed E-state index contributed by atoms with van der Waals surface area (Å²) in [4.78, 5) is 2.56. The van der Waals surface area contributed by atoms with Gasteiger partial charge in [0.25, 0.3) is 0 Å². The van der Waals surface area contributed by atoms with E-state index in [1.807, 2.05) is 12.1 Å². The molecule has 3 aromatic carbocycles. The van der Waals surface area contributed by atoms with Crippen LogP contribution in [0.1, 0.15) is 46.9 Å². The summed E-state index contributed by atoms with van der Waals surface area (Å²) >= 11 is 0. The van der Waals surface area contributed by atoms with E-state index in [1.165, 1.54) is 37.1 Å². The Kier molecular flexibility index (Phi) is 6.63. The summed E-state index contributed by atoms with van der Waals surface area (Å²) in [5, 5.41) is 10.0. The molecule has 178 valence electrons. The van der Waals surface area contributed by atoms with Crippen LogP contribution in [0.5, 0.6) is 23.0 Å². The lowest BCUT2D eigenvalue weighted by molar-refractivity contribution is 0.247. The number of phenols is 1. The highest BCUT2D eigenvalue weighted by Gasteiger charge is 2.34. The van der Waals surface area contributed by atoms with Crippen molar-refractivity contribution in [1.82, 2.24) is 4.90 Å². The van der Waals surface area contributed by atoms with E-state index in [4.69, 9.17) is 14.2 Å². The molecule has 2 heterocycles. The fourth-order valence-corrected chi connectivity index (χ4v) is 5.37. The van der Waals surface area contributed by atoms with E-state index in [-0.39, 0.29) is 17.6 Å². The standard InChI is InChI=1S/C29H33NO4/c1-32-26-12-9-22(17-28(26)33-2)25-19-34-27-18-23(31)10-11-24(27)29(25)21-7-5-20(6-8-21)13-16-30-14-3-4-15-30/h5-12,17-18,25,29,31H,3-4,13-16,19H2,1-2H3/t25-,29-/m1/s1. The van der Waals surface area contributed by atoms with Crippen LogP contribution in [0.2, 0.25) is 0 Å². The second-order valence-electron chi connectivity index (χ2n) is 9.27. The van der Waals surface area contributed by atoms with Crippen molar-refractivity contribution < 1.29 is 19.3 Å². The average Bonchev–Trinajstić information content (AvgIpc) is 3.40. The van der Waals surface area contributed by atoms with Crippen LogP contribution in [0, 0.1) is 0 Å². The third-order valence-corrected chi connectivity index (χ3v) is 7.24. The SMILES string of the molecule is COc1ccc([C@H]2COc3cc(O)ccc3[C@H]2c2ccc(CCN3CCCC3)cc2)cc1OC. The van der Waals surface area contributed by atoms with Crippen molar-refractivity contribution in [3.63, 3.8) is 0 Å². The van der Waals surface area contributed by atoms with Crippen LogP contribution in [0.4, 0.5) is 0 Å². The number of hydrogen-bond donors (Lipinski definition) is 1. The summed E-state index contributed by atoms with van der Waals surface area (Å²) in [5.41, 5.74) is 4.85. The summed E-state index contributed by atoms with van der Waals surface area (Å²) in [6.07, 6.45) is 3.74. The van der Waals surface area contributed by atoms with Gasteiger partial charge in [0.05, 0.1) is 20.8 Å². The van der Waals surface area contributed by atoms with Gasteiger partial charge in [-0.2, -0.15) is 0 Å². The van der Waals surface area contributed by atoms with Gasteiger partial charge < -0.3 is 24.2 Å². The molecule has 1 saturated heterocycles. The molecule has 2 aliphatic heterocycles. The van der Waals surface area contributed by atoms with Crippen LogP contribution < -0.4 is 14.2 Å². The second-order valence-corrected chi connectivity index (χ2v) is 9.27. The zero-order valence-corrected chi connectivity index (χ0v) is 20.0. The molecule has 1 fully saturated rings. The van der Waals surface area contributed by atoms with Crippen molar-refractivity contribution in [3.05, 3.63) is 82.9 Å². The Morgan fingerprint density at radius 3 is 2.35 bits per heavy atom. The summed E-state index contributed by atoms with van der Waals surface area (Å²) in [7, 11) is 3.31. The Labute approximate surface area is 201 Å². The fourth-order valence-electron chi connectivity index (χ4n) is 5.37. The normalized spacial score (nSPS) is 19.9. The highest BCUT2D eigenvalue weighted by atomic mass is 16.5. The van der Waals surface area contributed by atoms with Crippen molar-refractivity contribution >= 4 is 0 Å². The molecule has 0 aromatic heterocycles. The van der Waals surface area contributed by atoms with Crippen LogP contribution in [0.15, 0.2) is 60.7 Å². The fraction of sp³-hybridized carbons (Fsp3) is 0.379. The molecule has 5 nitrogen and oxygen atoms in total. The molecule has 0 radical (unpaired) electrons. The Balaban J connectivity index is 1.47. The van der Waals surface area contributed by atoms with E-state index >= 15 is 0 Å². The van der Waals surface area contributed by atoms with Crippen molar-refractivity contribution in [2.45, 2.75) is 31.1 Å². The predicted octanol–water partition coefficient (Wildman–Crippen LogP) is 5.36. The molecule has 0 saturated carbocycles. The molecule has 2 atom stereocenters. The number of hydrogen-bond acceptors (Lipinski definition) is 5. The maximum Gasteiger partial charge on any atom is 0.160 e. The molecule has 34 heavy (non-hydrogen) atoms. The number of nitrogens with zero attached hydrogens (tertiary/aromatic N) is 1. The molecular weight excluding hydrogens is 426 g/mol. The van der Waals surface area contributed by atoms with Crippen molar-refractivity contribution in [2.75, 3.05) is 40.5 Å². The average molecular weight is 460 g/mol. The van der Waals surface area contributed by atoms with Crippen molar-refractivity contribution in [3.8, 4) is 23.0 Å². The maximum absolute atomic E-state index is 10.0. The summed E-state index contributed by atoms with van der Waals surface area (Å²) in [5.74, 6) is 2.61. The minimum atomic E-state index is 0.104. The minimum absolute atomic E-state index is 0.104. The number of fused-ring (bicyclic) bond motifs is 1. The Morgan fingerprint density at radius 2 is 1.62 bits per heavy atom. The van der Waals surface area contributed by atoms with E-state index in [1.54, 1.807) is 26.4 Å². The lowest BCUT2D eigenvalue weighted by Crippen LogP contribution is -2.25. The number of likely N-dealkylation sites (tertiary alicyclic amines) is 1. The van der Waals surface area contributed by atoms with E-state index < -0.39 is 0 Å². The zero-order chi connectivity index (χ0) is 23.5. The first kappa shape index (κ1) is 22.6. The molecule has 1 N–H and O–H groups in total. The summed E-state index contributed by atoms with van der Waals surface area (Å²) in [6.45, 7) is 4.12. The van der Waals surface area contributed by atoms with Crippen LogP contribution in [0.25, 0.3) is 0 Å². The number of rotatable bonds is 7. The maximum atomic E-state index is 10.0. The molecule has 0 spiro atoms. The second kappa shape index (κ2) is 9.98. The predicted molar refractivity (Wildman–Crippen MR) is 134 cm³/mol. The molecule has 5 heteroatoms. The number of aromatic hydroxyl groups is 1. The van der Waals surface area contributed by atoms with Gasteiger partial charge in [0.15, 0.2) is 11.5 Å². The van der Waals surface area contributed by atoms with Crippen LogP contribution >= 0.6 is 0 Å². The van der Waals surface area contributed by atoms with Gasteiger partial charge in [0.1, 0.15) is 11.5 Å². The van der Waals surface area contributed by atoms with Crippen molar-refractivity contribution in [1.29, 1.82) is 0 Å². The number of methoxy groups -OCH3 is 2. The van der Waals surface area contributed by atoms with Gasteiger partial charge in [-0.1, -0.05) is 36.4 Å². The third kappa shape index (κ3) is 4.58. The monoisotopic (exact) mass is 459 g/mol. The minimum Gasteiger partial charge on any atom is -0.508 e. The van der Waals surface area contributed by atoms with Crippen molar-refractivity contribution in [2.24, 2.45) is 0 Å². The van der Waals surface area contributed by atoms with E-state index in [2.05, 4.69) is 41.3 Å². The third-order valence-electron chi connectivity index (χ3n) is 7.24. The molecule has 5 rings (SSSR count). The lowest BCUT2D eigenvalue weighted by Gasteiger charge is -2.35. The van der Waals surface area contributed by atoms with Crippen LogP contribution in [-0.2, 0) is 6.42 Å². The number of benzene rings is 3. The topological polar surface area (TPSA) is 51.2 Å². The van der Waals surface area contributed by atoms with Gasteiger partial charge in [-0.15, -0.1) is 0 Å². The Morgan fingerprint density at radius 1 is 0.882 bits per heavy atom. The molecule has 2 aliphatic rings. The smallest absolute Gasteiger partial charge is 0.160 e. The van der Waals surface area contributed by atoms with Crippen LogP contribution in [0.3, 0.4) is 0 Å².